The molecule has 0 spiro atoms. The zero-order valence-electron chi connectivity index (χ0n) is 17.1. The predicted molar refractivity (Wildman–Crippen MR) is 124 cm³/mol. The van der Waals surface area contributed by atoms with E-state index in [1.165, 1.54) is 12.4 Å². The van der Waals surface area contributed by atoms with Crippen molar-refractivity contribution < 1.29 is 9.18 Å². The van der Waals surface area contributed by atoms with E-state index in [0.717, 1.165) is 10.8 Å². The first-order valence-corrected chi connectivity index (χ1v) is 10.6. The quantitative estimate of drug-likeness (QED) is 0.433. The molecule has 1 saturated heterocycles. The molecule has 0 atom stereocenters. The Balaban J connectivity index is 1.60. The van der Waals surface area contributed by atoms with E-state index in [-0.39, 0.29) is 22.0 Å². The van der Waals surface area contributed by atoms with Gasteiger partial charge in [-0.1, -0.05) is 42.4 Å². The smallest absolute Gasteiger partial charge is 0.246 e. The standard InChI is InChI=1S/C24H19ClFN5O/c1-2-19(32)30-9-11-31(12-10-30)24-17-13-18(25)20(21(26)23(17)28-14-29-24)22-16-6-4-3-5-15(16)7-8-27-22/h2-8,13-14H,1,9-12H2. The van der Waals surface area contributed by atoms with Gasteiger partial charge in [-0.2, -0.15) is 0 Å². The van der Waals surface area contributed by atoms with Crippen LogP contribution >= 0.6 is 11.6 Å². The van der Waals surface area contributed by atoms with Gasteiger partial charge in [-0.25, -0.2) is 14.4 Å². The zero-order chi connectivity index (χ0) is 22.2. The number of rotatable bonds is 3. The number of hydrogen-bond donors (Lipinski definition) is 0. The zero-order valence-corrected chi connectivity index (χ0v) is 17.9. The van der Waals surface area contributed by atoms with E-state index in [2.05, 4.69) is 21.5 Å². The van der Waals surface area contributed by atoms with Crippen molar-refractivity contribution in [2.45, 2.75) is 0 Å². The van der Waals surface area contributed by atoms with Gasteiger partial charge in [-0.05, 0) is 23.6 Å². The van der Waals surface area contributed by atoms with E-state index in [0.29, 0.717) is 43.1 Å². The van der Waals surface area contributed by atoms with Crippen molar-refractivity contribution in [3.05, 3.63) is 72.4 Å². The Labute approximate surface area is 189 Å². The average Bonchev–Trinajstić information content (AvgIpc) is 2.83. The molecule has 0 radical (unpaired) electrons. The number of halogens is 2. The summed E-state index contributed by atoms with van der Waals surface area (Å²) in [5.41, 5.74) is 0.889. The van der Waals surface area contributed by atoms with Crippen molar-refractivity contribution in [1.29, 1.82) is 0 Å². The highest BCUT2D eigenvalue weighted by Crippen LogP contribution is 2.39. The number of carbonyl (C=O) groups excluding carboxylic acids is 1. The third-order valence-electron chi connectivity index (χ3n) is 5.78. The maximum absolute atomic E-state index is 15.8. The summed E-state index contributed by atoms with van der Waals surface area (Å²) in [6.07, 6.45) is 4.32. The number of nitrogens with zero attached hydrogens (tertiary/aromatic N) is 5. The Hall–Kier alpha value is -3.58. The molecule has 3 heterocycles. The Kier molecular flexibility index (Phi) is 5.19. The van der Waals surface area contributed by atoms with Crippen LogP contribution in [0.3, 0.4) is 0 Å². The van der Waals surface area contributed by atoms with Crippen molar-refractivity contribution >= 4 is 45.0 Å². The number of carbonyl (C=O) groups is 1. The number of hydrogen-bond acceptors (Lipinski definition) is 5. The van der Waals surface area contributed by atoms with Crippen LogP contribution in [-0.2, 0) is 4.79 Å². The molecule has 160 valence electrons. The Morgan fingerprint density at radius 3 is 2.62 bits per heavy atom. The molecule has 6 nitrogen and oxygen atoms in total. The fourth-order valence-corrected chi connectivity index (χ4v) is 4.45. The molecule has 0 bridgehead atoms. The van der Waals surface area contributed by atoms with Crippen LogP contribution in [0.4, 0.5) is 10.2 Å². The van der Waals surface area contributed by atoms with Crippen LogP contribution in [-0.4, -0.2) is 51.9 Å². The summed E-state index contributed by atoms with van der Waals surface area (Å²) in [4.78, 5) is 28.7. The first kappa shape index (κ1) is 20.3. The highest BCUT2D eigenvalue weighted by atomic mass is 35.5. The second kappa shape index (κ2) is 8.16. The first-order valence-electron chi connectivity index (χ1n) is 10.2. The number of benzene rings is 2. The van der Waals surface area contributed by atoms with Gasteiger partial charge in [-0.3, -0.25) is 9.78 Å². The van der Waals surface area contributed by atoms with E-state index in [9.17, 15) is 4.79 Å². The summed E-state index contributed by atoms with van der Waals surface area (Å²) >= 11 is 6.62. The lowest BCUT2D eigenvalue weighted by atomic mass is 10.0. The van der Waals surface area contributed by atoms with Crippen molar-refractivity contribution in [2.24, 2.45) is 0 Å². The second-order valence-corrected chi connectivity index (χ2v) is 7.95. The lowest BCUT2D eigenvalue weighted by molar-refractivity contribution is -0.126. The van der Waals surface area contributed by atoms with Gasteiger partial charge >= 0.3 is 0 Å². The lowest BCUT2D eigenvalue weighted by Crippen LogP contribution is -2.48. The highest BCUT2D eigenvalue weighted by molar-refractivity contribution is 6.34. The third kappa shape index (κ3) is 3.35. The van der Waals surface area contributed by atoms with Gasteiger partial charge in [0.2, 0.25) is 5.91 Å². The average molecular weight is 448 g/mol. The van der Waals surface area contributed by atoms with Crippen molar-refractivity contribution in [2.75, 3.05) is 31.1 Å². The van der Waals surface area contributed by atoms with Gasteiger partial charge in [0, 0.05) is 43.1 Å². The van der Waals surface area contributed by atoms with Gasteiger partial charge in [-0.15, -0.1) is 0 Å². The van der Waals surface area contributed by atoms with E-state index >= 15 is 4.39 Å². The number of fused-ring (bicyclic) bond motifs is 2. The molecule has 0 N–H and O–H groups in total. The topological polar surface area (TPSA) is 62.2 Å². The van der Waals surface area contributed by atoms with Crippen LogP contribution in [0.15, 0.2) is 61.6 Å². The molecule has 8 heteroatoms. The molecule has 1 amide bonds. The molecule has 0 aliphatic carbocycles. The molecule has 1 fully saturated rings. The molecule has 1 aliphatic rings. The highest BCUT2D eigenvalue weighted by Gasteiger charge is 2.25. The largest absolute Gasteiger partial charge is 0.352 e. The summed E-state index contributed by atoms with van der Waals surface area (Å²) in [5, 5.41) is 2.54. The van der Waals surface area contributed by atoms with Crippen molar-refractivity contribution in [3.8, 4) is 11.3 Å². The lowest BCUT2D eigenvalue weighted by Gasteiger charge is -2.35. The van der Waals surface area contributed by atoms with E-state index < -0.39 is 5.82 Å². The van der Waals surface area contributed by atoms with Gasteiger partial charge in [0.25, 0.3) is 0 Å². The molecular weight excluding hydrogens is 429 g/mol. The molecule has 2 aromatic heterocycles. The van der Waals surface area contributed by atoms with Gasteiger partial charge in [0.15, 0.2) is 5.82 Å². The maximum Gasteiger partial charge on any atom is 0.246 e. The fraction of sp³-hybridized carbons (Fsp3) is 0.167. The molecule has 32 heavy (non-hydrogen) atoms. The SMILES string of the molecule is C=CC(=O)N1CCN(c2ncnc3c(F)c(-c4nccc5ccccc45)c(Cl)cc23)CC1. The summed E-state index contributed by atoms with van der Waals surface area (Å²) in [7, 11) is 0. The van der Waals surface area contributed by atoms with E-state index in [1.54, 1.807) is 17.2 Å². The van der Waals surface area contributed by atoms with Crippen molar-refractivity contribution in [3.63, 3.8) is 0 Å². The minimum Gasteiger partial charge on any atom is -0.352 e. The number of piperazine rings is 1. The van der Waals surface area contributed by atoms with Crippen LogP contribution in [0, 0.1) is 5.82 Å². The fourth-order valence-electron chi connectivity index (χ4n) is 4.17. The Bertz CT molecular complexity index is 1360. The minimum absolute atomic E-state index is 0.0986. The monoisotopic (exact) mass is 447 g/mol. The molecule has 0 saturated carbocycles. The van der Waals surface area contributed by atoms with Crippen LogP contribution < -0.4 is 4.90 Å². The molecule has 4 aromatic rings. The number of pyridine rings is 1. The van der Waals surface area contributed by atoms with Crippen LogP contribution in [0.2, 0.25) is 5.02 Å². The molecule has 0 unspecified atom stereocenters. The van der Waals surface area contributed by atoms with Crippen LogP contribution in [0.25, 0.3) is 32.9 Å². The van der Waals surface area contributed by atoms with Crippen LogP contribution in [0.5, 0.6) is 0 Å². The third-order valence-corrected chi connectivity index (χ3v) is 6.07. The molecule has 5 rings (SSSR count). The summed E-state index contributed by atoms with van der Waals surface area (Å²) in [5.74, 6) is -0.0297. The second-order valence-electron chi connectivity index (χ2n) is 7.54. The Morgan fingerprint density at radius 1 is 1.06 bits per heavy atom. The minimum atomic E-state index is -0.527. The van der Waals surface area contributed by atoms with Crippen LogP contribution in [0.1, 0.15) is 0 Å². The maximum atomic E-state index is 15.8. The van der Waals surface area contributed by atoms with Crippen molar-refractivity contribution in [1.82, 2.24) is 19.9 Å². The first-order chi connectivity index (χ1) is 15.6. The van der Waals surface area contributed by atoms with E-state index in [1.807, 2.05) is 35.2 Å². The summed E-state index contributed by atoms with van der Waals surface area (Å²) in [6, 6.07) is 11.2. The number of anilines is 1. The number of amides is 1. The Morgan fingerprint density at radius 2 is 1.84 bits per heavy atom. The summed E-state index contributed by atoms with van der Waals surface area (Å²) < 4.78 is 15.8. The van der Waals surface area contributed by atoms with Gasteiger partial charge < -0.3 is 9.80 Å². The molecule has 2 aromatic carbocycles. The normalized spacial score (nSPS) is 14.2. The predicted octanol–water partition coefficient (Wildman–Crippen LogP) is 4.47. The molecule has 1 aliphatic heterocycles. The van der Waals surface area contributed by atoms with Gasteiger partial charge in [0.05, 0.1) is 16.3 Å². The van der Waals surface area contributed by atoms with Gasteiger partial charge in [0.1, 0.15) is 17.7 Å². The molecular formula is C24H19ClFN5O. The number of aromatic nitrogens is 3. The van der Waals surface area contributed by atoms with E-state index in [4.69, 9.17) is 11.6 Å². The summed E-state index contributed by atoms with van der Waals surface area (Å²) in [6.45, 7) is 5.74.